The molecule has 2 aromatic heterocycles. The largest absolute Gasteiger partial charge is 0.273 e. The molecule has 0 atom stereocenters. The molecule has 0 amide bonds. The van der Waals surface area contributed by atoms with Crippen molar-refractivity contribution in [3.05, 3.63) is 40.3 Å². The van der Waals surface area contributed by atoms with Crippen LogP contribution in [0, 0.1) is 5.92 Å². The van der Waals surface area contributed by atoms with Gasteiger partial charge < -0.3 is 0 Å². The van der Waals surface area contributed by atoms with Crippen molar-refractivity contribution in [2.45, 2.75) is 44.9 Å². The highest BCUT2D eigenvalue weighted by atomic mass is 32.1. The third-order valence-electron chi connectivity index (χ3n) is 4.05. The van der Waals surface area contributed by atoms with Crippen molar-refractivity contribution in [1.82, 2.24) is 9.78 Å². The highest BCUT2D eigenvalue weighted by molar-refractivity contribution is 7.09. The Bertz CT molecular complexity index is 553. The molecule has 0 spiro atoms. The Morgan fingerprint density at radius 1 is 1.30 bits per heavy atom. The molecular weight excluding hydrogens is 268 g/mol. The Hall–Kier alpha value is -1.42. The van der Waals surface area contributed by atoms with Gasteiger partial charge in [-0.25, -0.2) is 4.68 Å². The first-order chi connectivity index (χ1) is 9.81. The Morgan fingerprint density at radius 3 is 2.90 bits per heavy atom. The number of aromatic nitrogens is 2. The standard InChI is InChI=1S/C16H20N2OS/c19-16(12-13-4-1-2-5-13)18-10-9-14(17-18)7-8-15-6-3-11-20-15/h3,6,9-11,13H,1-2,4-5,7-8,12H2. The van der Waals surface area contributed by atoms with Crippen LogP contribution in [0.15, 0.2) is 29.8 Å². The summed E-state index contributed by atoms with van der Waals surface area (Å²) < 4.78 is 1.54. The summed E-state index contributed by atoms with van der Waals surface area (Å²) in [4.78, 5) is 13.5. The van der Waals surface area contributed by atoms with Crippen LogP contribution in [-0.2, 0) is 12.8 Å². The Labute approximate surface area is 123 Å². The van der Waals surface area contributed by atoms with Gasteiger partial charge in [-0.2, -0.15) is 5.10 Å². The Kier molecular flexibility index (Phi) is 4.31. The zero-order valence-corrected chi connectivity index (χ0v) is 12.4. The lowest BCUT2D eigenvalue weighted by Crippen LogP contribution is -2.15. The smallest absolute Gasteiger partial charge is 0.247 e. The summed E-state index contributed by atoms with van der Waals surface area (Å²) >= 11 is 1.78. The van der Waals surface area contributed by atoms with E-state index in [0.717, 1.165) is 18.5 Å². The molecule has 0 unspecified atom stereocenters. The molecule has 2 aromatic rings. The summed E-state index contributed by atoms with van der Waals surface area (Å²) in [5.74, 6) is 0.737. The molecule has 4 heteroatoms. The van der Waals surface area contributed by atoms with Gasteiger partial charge in [0.15, 0.2) is 0 Å². The molecule has 1 fully saturated rings. The molecule has 0 N–H and O–H groups in total. The van der Waals surface area contributed by atoms with E-state index in [4.69, 9.17) is 0 Å². The third kappa shape index (κ3) is 3.37. The number of hydrogen-bond acceptors (Lipinski definition) is 3. The zero-order valence-electron chi connectivity index (χ0n) is 11.6. The molecule has 0 saturated heterocycles. The van der Waals surface area contributed by atoms with Crippen LogP contribution in [0.25, 0.3) is 0 Å². The summed E-state index contributed by atoms with van der Waals surface area (Å²) in [5, 5.41) is 6.52. The molecule has 3 nitrogen and oxygen atoms in total. The molecule has 0 aliphatic heterocycles. The first-order valence-corrected chi connectivity index (χ1v) is 8.29. The highest BCUT2D eigenvalue weighted by Gasteiger charge is 2.19. The van der Waals surface area contributed by atoms with Gasteiger partial charge in [0.25, 0.3) is 0 Å². The molecule has 20 heavy (non-hydrogen) atoms. The number of thiophene rings is 1. The highest BCUT2D eigenvalue weighted by Crippen LogP contribution is 2.27. The molecule has 1 aliphatic rings. The number of aryl methyl sites for hydroxylation is 2. The number of carbonyl (C=O) groups excluding carboxylic acids is 1. The van der Waals surface area contributed by atoms with Crippen LogP contribution >= 0.6 is 11.3 Å². The summed E-state index contributed by atoms with van der Waals surface area (Å²) in [7, 11) is 0. The van der Waals surface area contributed by atoms with Gasteiger partial charge >= 0.3 is 0 Å². The van der Waals surface area contributed by atoms with Gasteiger partial charge in [-0.1, -0.05) is 18.9 Å². The van der Waals surface area contributed by atoms with Crippen LogP contribution in [-0.4, -0.2) is 15.7 Å². The van der Waals surface area contributed by atoms with Gasteiger partial charge in [0.1, 0.15) is 0 Å². The molecular formula is C16H20N2OS. The minimum atomic E-state index is 0.152. The maximum Gasteiger partial charge on any atom is 0.247 e. The number of hydrogen-bond donors (Lipinski definition) is 0. The normalized spacial score (nSPS) is 15.8. The first kappa shape index (κ1) is 13.6. The predicted molar refractivity (Wildman–Crippen MR) is 81.2 cm³/mol. The van der Waals surface area contributed by atoms with Crippen LogP contribution < -0.4 is 0 Å². The molecule has 1 aliphatic carbocycles. The average molecular weight is 288 g/mol. The van der Waals surface area contributed by atoms with Crippen LogP contribution in [0.4, 0.5) is 0 Å². The SMILES string of the molecule is O=C(CC1CCCC1)n1ccc(CCc2cccs2)n1. The van der Waals surface area contributed by atoms with E-state index in [-0.39, 0.29) is 5.91 Å². The summed E-state index contributed by atoms with van der Waals surface area (Å²) in [6.07, 6.45) is 9.37. The summed E-state index contributed by atoms with van der Waals surface area (Å²) in [6.45, 7) is 0. The monoisotopic (exact) mass is 288 g/mol. The van der Waals surface area contributed by atoms with Crippen molar-refractivity contribution in [3.8, 4) is 0 Å². The molecule has 0 aromatic carbocycles. The lowest BCUT2D eigenvalue weighted by molar-refractivity contribution is 0.0864. The fourth-order valence-electron chi connectivity index (χ4n) is 2.89. The Balaban J connectivity index is 1.54. The van der Waals surface area contributed by atoms with E-state index in [1.165, 1.54) is 30.6 Å². The molecule has 0 radical (unpaired) electrons. The number of nitrogens with zero attached hydrogens (tertiary/aromatic N) is 2. The third-order valence-corrected chi connectivity index (χ3v) is 4.98. The minimum absolute atomic E-state index is 0.152. The van der Waals surface area contributed by atoms with E-state index >= 15 is 0 Å². The van der Waals surface area contributed by atoms with Gasteiger partial charge in [0.2, 0.25) is 5.91 Å². The van der Waals surface area contributed by atoms with E-state index in [1.807, 2.05) is 12.3 Å². The maximum absolute atomic E-state index is 12.1. The van der Waals surface area contributed by atoms with Gasteiger partial charge in [0.05, 0.1) is 5.69 Å². The van der Waals surface area contributed by atoms with E-state index in [1.54, 1.807) is 16.0 Å². The lowest BCUT2D eigenvalue weighted by atomic mass is 10.0. The molecule has 0 bridgehead atoms. The quantitative estimate of drug-likeness (QED) is 0.835. The minimum Gasteiger partial charge on any atom is -0.273 e. The van der Waals surface area contributed by atoms with Crippen molar-refractivity contribution in [1.29, 1.82) is 0 Å². The Morgan fingerprint density at radius 2 is 2.15 bits per heavy atom. The predicted octanol–water partition coefficient (Wildman–Crippen LogP) is 3.95. The number of rotatable bonds is 5. The van der Waals surface area contributed by atoms with Gasteiger partial charge in [-0.05, 0) is 49.1 Å². The molecule has 3 rings (SSSR count). The number of carbonyl (C=O) groups is 1. The second-order valence-electron chi connectivity index (χ2n) is 5.58. The molecule has 1 saturated carbocycles. The van der Waals surface area contributed by atoms with Crippen LogP contribution in [0.5, 0.6) is 0 Å². The zero-order chi connectivity index (χ0) is 13.8. The topological polar surface area (TPSA) is 34.9 Å². The van der Waals surface area contributed by atoms with Crippen molar-refractivity contribution in [2.75, 3.05) is 0 Å². The van der Waals surface area contributed by atoms with E-state index in [9.17, 15) is 4.79 Å². The van der Waals surface area contributed by atoms with Crippen molar-refractivity contribution in [2.24, 2.45) is 5.92 Å². The van der Waals surface area contributed by atoms with Crippen LogP contribution in [0.2, 0.25) is 0 Å². The van der Waals surface area contributed by atoms with E-state index in [2.05, 4.69) is 22.6 Å². The van der Waals surface area contributed by atoms with Crippen molar-refractivity contribution >= 4 is 17.2 Å². The first-order valence-electron chi connectivity index (χ1n) is 7.41. The molecule has 2 heterocycles. The van der Waals surface area contributed by atoms with Crippen LogP contribution in [0.3, 0.4) is 0 Å². The second kappa shape index (κ2) is 6.35. The summed E-state index contributed by atoms with van der Waals surface area (Å²) in [6, 6.07) is 6.19. The summed E-state index contributed by atoms with van der Waals surface area (Å²) in [5.41, 5.74) is 1.01. The van der Waals surface area contributed by atoms with Crippen molar-refractivity contribution < 1.29 is 4.79 Å². The van der Waals surface area contributed by atoms with Gasteiger partial charge in [0, 0.05) is 17.5 Å². The van der Waals surface area contributed by atoms with Crippen molar-refractivity contribution in [3.63, 3.8) is 0 Å². The van der Waals surface area contributed by atoms with E-state index in [0.29, 0.717) is 12.3 Å². The second-order valence-corrected chi connectivity index (χ2v) is 6.61. The van der Waals surface area contributed by atoms with Gasteiger partial charge in [-0.3, -0.25) is 4.79 Å². The van der Waals surface area contributed by atoms with E-state index < -0.39 is 0 Å². The fraction of sp³-hybridized carbons (Fsp3) is 0.500. The van der Waals surface area contributed by atoms with Crippen LogP contribution in [0.1, 0.15) is 47.5 Å². The molecule has 106 valence electrons. The maximum atomic E-state index is 12.1. The lowest BCUT2D eigenvalue weighted by Gasteiger charge is -2.06. The fourth-order valence-corrected chi connectivity index (χ4v) is 3.60. The van der Waals surface area contributed by atoms with Gasteiger partial charge in [-0.15, -0.1) is 11.3 Å². The average Bonchev–Trinajstić information content (AvgIpc) is 3.19.